The number of rotatable bonds is 19. The molecule has 0 saturated carbocycles. The highest BCUT2D eigenvalue weighted by atomic mass is 32.1. The molecule has 0 aliphatic carbocycles. The Labute approximate surface area is 211 Å². The highest BCUT2D eigenvalue weighted by molar-refractivity contribution is 7.17. The van der Waals surface area contributed by atoms with E-state index in [4.69, 9.17) is 4.74 Å². The van der Waals surface area contributed by atoms with Crippen molar-refractivity contribution in [3.05, 3.63) is 16.0 Å². The zero-order chi connectivity index (χ0) is 24.4. The van der Waals surface area contributed by atoms with E-state index in [9.17, 15) is 9.59 Å². The summed E-state index contributed by atoms with van der Waals surface area (Å²) >= 11 is 1.51. The summed E-state index contributed by atoms with van der Waals surface area (Å²) in [6.45, 7) is 6.03. The summed E-state index contributed by atoms with van der Waals surface area (Å²) in [6.07, 6.45) is 21.1. The van der Waals surface area contributed by atoms with Crippen LogP contribution in [0.3, 0.4) is 0 Å². The van der Waals surface area contributed by atoms with E-state index in [-0.39, 0.29) is 11.9 Å². The van der Waals surface area contributed by atoms with Crippen molar-refractivity contribution >= 4 is 28.2 Å². The van der Waals surface area contributed by atoms with Crippen LogP contribution in [0.4, 0.5) is 5.00 Å². The third-order valence-corrected chi connectivity index (χ3v) is 7.82. The number of hydrogen-bond acceptors (Lipinski definition) is 5. The third kappa shape index (κ3) is 10.9. The van der Waals surface area contributed by atoms with Crippen LogP contribution in [0.5, 0.6) is 0 Å². The van der Waals surface area contributed by atoms with Gasteiger partial charge in [0.05, 0.1) is 12.2 Å². The van der Waals surface area contributed by atoms with E-state index in [1.54, 1.807) is 0 Å². The molecule has 194 valence electrons. The molecule has 0 bridgehead atoms. The molecule has 1 aromatic heterocycles. The fraction of sp³-hybridized carbons (Fsp3) is 0.786. The number of nitrogens with one attached hydrogen (secondary N) is 2. The Hall–Kier alpha value is -1.40. The molecule has 1 aliphatic rings. The molecule has 0 spiro atoms. The second-order valence-electron chi connectivity index (χ2n) is 9.60. The lowest BCUT2D eigenvalue weighted by Gasteiger charge is -2.13. The molecule has 6 heteroatoms. The number of amides is 1. The van der Waals surface area contributed by atoms with Crippen LogP contribution in [-0.2, 0) is 22.5 Å². The Morgan fingerprint density at radius 2 is 1.41 bits per heavy atom. The molecule has 0 unspecified atom stereocenters. The minimum atomic E-state index is -0.316. The standard InChI is InChI=1S/C28H48N2O3S/c1-3-5-6-7-8-9-10-11-12-13-14-15-16-17-18-19-25(31)30-27-26(28(32)33-4-2)23-20-21-29-22-24(23)34-27/h29H,3-22H2,1-2H3,(H,30,31). The molecule has 34 heavy (non-hydrogen) atoms. The van der Waals surface area contributed by atoms with Crippen LogP contribution in [0, 0.1) is 0 Å². The maximum absolute atomic E-state index is 12.5. The fourth-order valence-corrected chi connectivity index (χ4v) is 5.91. The average Bonchev–Trinajstić information content (AvgIpc) is 3.19. The SMILES string of the molecule is CCCCCCCCCCCCCCCCCC(=O)Nc1sc2c(c1C(=O)OCC)CCNC2. The van der Waals surface area contributed by atoms with Gasteiger partial charge in [-0.3, -0.25) is 4.79 Å². The van der Waals surface area contributed by atoms with E-state index in [1.807, 2.05) is 6.92 Å². The van der Waals surface area contributed by atoms with Crippen LogP contribution in [0.2, 0.25) is 0 Å². The van der Waals surface area contributed by atoms with Crippen molar-refractivity contribution in [3.63, 3.8) is 0 Å². The molecule has 0 atom stereocenters. The monoisotopic (exact) mass is 492 g/mol. The number of esters is 1. The molecule has 2 rings (SSSR count). The normalized spacial score (nSPS) is 13.0. The molecule has 0 radical (unpaired) electrons. The first-order valence-electron chi connectivity index (χ1n) is 14.0. The summed E-state index contributed by atoms with van der Waals surface area (Å²) in [4.78, 5) is 26.2. The van der Waals surface area contributed by atoms with Crippen LogP contribution < -0.4 is 10.6 Å². The molecule has 5 nitrogen and oxygen atoms in total. The highest BCUT2D eigenvalue weighted by Gasteiger charge is 2.27. The number of unbranched alkanes of at least 4 members (excludes halogenated alkanes) is 14. The summed E-state index contributed by atoms with van der Waals surface area (Å²) in [6, 6.07) is 0. The smallest absolute Gasteiger partial charge is 0.341 e. The molecule has 1 aliphatic heterocycles. The summed E-state index contributed by atoms with van der Waals surface area (Å²) < 4.78 is 5.26. The number of ether oxygens (including phenoxy) is 1. The molecule has 1 aromatic rings. The van der Waals surface area contributed by atoms with Gasteiger partial charge in [-0.2, -0.15) is 0 Å². The lowest BCUT2D eigenvalue weighted by molar-refractivity contribution is -0.116. The first kappa shape index (κ1) is 28.8. The van der Waals surface area contributed by atoms with Crippen molar-refractivity contribution in [1.29, 1.82) is 0 Å². The van der Waals surface area contributed by atoms with Crippen LogP contribution in [-0.4, -0.2) is 25.0 Å². The number of fused-ring (bicyclic) bond motifs is 1. The number of thiophene rings is 1. The van der Waals surface area contributed by atoms with Gasteiger partial charge < -0.3 is 15.4 Å². The van der Waals surface area contributed by atoms with Gasteiger partial charge in [-0.1, -0.05) is 96.8 Å². The highest BCUT2D eigenvalue weighted by Crippen LogP contribution is 2.36. The predicted octanol–water partition coefficient (Wildman–Crippen LogP) is 7.77. The van der Waals surface area contributed by atoms with Gasteiger partial charge in [0.1, 0.15) is 5.00 Å². The van der Waals surface area contributed by atoms with Crippen molar-refractivity contribution in [3.8, 4) is 0 Å². The quantitative estimate of drug-likeness (QED) is 0.153. The number of carbonyl (C=O) groups is 2. The number of hydrogen-bond donors (Lipinski definition) is 2. The zero-order valence-corrected chi connectivity index (χ0v) is 22.6. The zero-order valence-electron chi connectivity index (χ0n) is 21.8. The van der Waals surface area contributed by atoms with E-state index in [2.05, 4.69) is 17.6 Å². The van der Waals surface area contributed by atoms with Gasteiger partial charge >= 0.3 is 5.97 Å². The van der Waals surface area contributed by atoms with E-state index in [1.165, 1.54) is 94.8 Å². The van der Waals surface area contributed by atoms with Gasteiger partial charge in [0.2, 0.25) is 5.91 Å². The Balaban J connectivity index is 1.53. The van der Waals surface area contributed by atoms with E-state index in [0.29, 0.717) is 23.6 Å². The lowest BCUT2D eigenvalue weighted by atomic mass is 10.0. The fourth-order valence-electron chi connectivity index (χ4n) is 4.69. The van der Waals surface area contributed by atoms with Crippen molar-refractivity contribution in [2.45, 2.75) is 130 Å². The van der Waals surface area contributed by atoms with Gasteiger partial charge in [0.25, 0.3) is 0 Å². The Bertz CT molecular complexity index is 717. The molecule has 0 fully saturated rings. The van der Waals surface area contributed by atoms with E-state index < -0.39 is 0 Å². The van der Waals surface area contributed by atoms with Gasteiger partial charge in [0.15, 0.2) is 0 Å². The maximum atomic E-state index is 12.5. The molecule has 2 heterocycles. The Morgan fingerprint density at radius 1 is 0.853 bits per heavy atom. The molecular formula is C28H48N2O3S. The average molecular weight is 493 g/mol. The number of carbonyl (C=O) groups excluding carboxylic acids is 2. The number of anilines is 1. The summed E-state index contributed by atoms with van der Waals surface area (Å²) in [5.74, 6) is -0.309. The molecule has 2 N–H and O–H groups in total. The van der Waals surface area contributed by atoms with Crippen molar-refractivity contribution in [2.24, 2.45) is 0 Å². The predicted molar refractivity (Wildman–Crippen MR) is 144 cm³/mol. The second kappa shape index (κ2) is 18.0. The summed E-state index contributed by atoms with van der Waals surface area (Å²) in [5, 5.41) is 7.01. The second-order valence-corrected chi connectivity index (χ2v) is 10.7. The summed E-state index contributed by atoms with van der Waals surface area (Å²) in [7, 11) is 0. The maximum Gasteiger partial charge on any atom is 0.341 e. The largest absolute Gasteiger partial charge is 0.462 e. The minimum Gasteiger partial charge on any atom is -0.462 e. The van der Waals surface area contributed by atoms with Gasteiger partial charge in [-0.15, -0.1) is 11.3 Å². The first-order chi connectivity index (χ1) is 16.7. The minimum absolute atomic E-state index is 0.00630. The van der Waals surface area contributed by atoms with E-state index >= 15 is 0 Å². The van der Waals surface area contributed by atoms with Crippen LogP contribution in [0.15, 0.2) is 0 Å². The molecular weight excluding hydrogens is 444 g/mol. The summed E-state index contributed by atoms with van der Waals surface area (Å²) in [5.41, 5.74) is 1.62. The van der Waals surface area contributed by atoms with Gasteiger partial charge in [-0.05, 0) is 31.9 Å². The van der Waals surface area contributed by atoms with Crippen molar-refractivity contribution < 1.29 is 14.3 Å². The Morgan fingerprint density at radius 3 is 1.97 bits per heavy atom. The van der Waals surface area contributed by atoms with Gasteiger partial charge in [-0.25, -0.2) is 4.79 Å². The molecule has 1 amide bonds. The Kier molecular flexibility index (Phi) is 15.2. The molecule has 0 saturated heterocycles. The molecule has 0 aromatic carbocycles. The lowest BCUT2D eigenvalue weighted by Crippen LogP contribution is -2.23. The van der Waals surface area contributed by atoms with Crippen LogP contribution in [0.25, 0.3) is 0 Å². The van der Waals surface area contributed by atoms with Crippen molar-refractivity contribution in [2.75, 3.05) is 18.5 Å². The first-order valence-corrected chi connectivity index (χ1v) is 14.8. The topological polar surface area (TPSA) is 67.4 Å². The van der Waals surface area contributed by atoms with Gasteiger partial charge in [0, 0.05) is 17.8 Å². The van der Waals surface area contributed by atoms with E-state index in [0.717, 1.165) is 42.8 Å². The third-order valence-electron chi connectivity index (χ3n) is 6.67. The van der Waals surface area contributed by atoms with Crippen molar-refractivity contribution in [1.82, 2.24) is 5.32 Å². The van der Waals surface area contributed by atoms with Crippen LogP contribution in [0.1, 0.15) is 137 Å². The van der Waals surface area contributed by atoms with Crippen LogP contribution >= 0.6 is 11.3 Å².